The summed E-state index contributed by atoms with van der Waals surface area (Å²) >= 11 is 0. The lowest BCUT2D eigenvalue weighted by molar-refractivity contribution is 0.128. The van der Waals surface area contributed by atoms with Crippen LogP contribution in [-0.2, 0) is 4.74 Å². The van der Waals surface area contributed by atoms with Gasteiger partial charge >= 0.3 is 0 Å². The van der Waals surface area contributed by atoms with Gasteiger partial charge in [0.1, 0.15) is 0 Å². The van der Waals surface area contributed by atoms with E-state index in [0.717, 1.165) is 42.5 Å². The van der Waals surface area contributed by atoms with Gasteiger partial charge in [0.15, 0.2) is 0 Å². The van der Waals surface area contributed by atoms with Gasteiger partial charge in [0, 0.05) is 30.8 Å². The minimum Gasteiger partial charge on any atom is -0.381 e. The predicted octanol–water partition coefficient (Wildman–Crippen LogP) is 3.05. The minimum atomic E-state index is 0.0338. The Hall–Kier alpha value is -1.45. The lowest BCUT2D eigenvalue weighted by Gasteiger charge is -2.12. The zero-order valence-corrected chi connectivity index (χ0v) is 10.8. The van der Waals surface area contributed by atoms with E-state index in [-0.39, 0.29) is 6.04 Å². The van der Waals surface area contributed by atoms with E-state index in [4.69, 9.17) is 10.5 Å². The molecule has 2 N–H and O–H groups in total. The summed E-state index contributed by atoms with van der Waals surface area (Å²) in [6.45, 7) is 3.64. The van der Waals surface area contributed by atoms with Gasteiger partial charge in [-0.15, -0.1) is 0 Å². The van der Waals surface area contributed by atoms with E-state index in [1.54, 1.807) is 6.20 Å². The number of fused-ring (bicyclic) bond motifs is 1. The maximum absolute atomic E-state index is 6.17. The van der Waals surface area contributed by atoms with Crippen molar-refractivity contribution >= 4 is 10.9 Å². The van der Waals surface area contributed by atoms with Crippen molar-refractivity contribution in [3.63, 3.8) is 0 Å². The Morgan fingerprint density at radius 1 is 1.28 bits per heavy atom. The van der Waals surface area contributed by atoms with Crippen LogP contribution in [0.15, 0.2) is 36.5 Å². The van der Waals surface area contributed by atoms with Gasteiger partial charge in [0.25, 0.3) is 0 Å². The van der Waals surface area contributed by atoms with E-state index >= 15 is 0 Å². The normalized spacial score (nSPS) is 12.8. The number of hydrogen-bond acceptors (Lipinski definition) is 3. The quantitative estimate of drug-likeness (QED) is 0.794. The van der Waals surface area contributed by atoms with Crippen LogP contribution in [-0.4, -0.2) is 18.2 Å². The van der Waals surface area contributed by atoms with Crippen LogP contribution in [0.1, 0.15) is 31.4 Å². The van der Waals surface area contributed by atoms with Crippen molar-refractivity contribution in [3.05, 3.63) is 42.1 Å². The summed E-state index contributed by atoms with van der Waals surface area (Å²) in [5.74, 6) is 0. The van der Waals surface area contributed by atoms with Crippen LogP contribution in [0.5, 0.6) is 0 Å². The summed E-state index contributed by atoms with van der Waals surface area (Å²) in [7, 11) is 0. The summed E-state index contributed by atoms with van der Waals surface area (Å²) in [6, 6.07) is 10.2. The number of ether oxygens (including phenoxy) is 1. The molecule has 0 spiro atoms. The van der Waals surface area contributed by atoms with Crippen LogP contribution in [0.25, 0.3) is 10.9 Å². The Kier molecular flexibility index (Phi) is 4.67. The van der Waals surface area contributed by atoms with Gasteiger partial charge in [0.2, 0.25) is 0 Å². The molecule has 2 rings (SSSR count). The first-order valence-electron chi connectivity index (χ1n) is 6.49. The van der Waals surface area contributed by atoms with Crippen LogP contribution in [0.2, 0.25) is 0 Å². The topological polar surface area (TPSA) is 48.1 Å². The molecule has 3 nitrogen and oxygen atoms in total. The molecule has 0 bridgehead atoms. The van der Waals surface area contributed by atoms with E-state index in [2.05, 4.69) is 30.1 Å². The molecule has 1 aromatic carbocycles. The predicted molar refractivity (Wildman–Crippen MR) is 74.4 cm³/mol. The molecule has 0 aliphatic carbocycles. The van der Waals surface area contributed by atoms with Gasteiger partial charge in [-0.2, -0.15) is 0 Å². The van der Waals surface area contributed by atoms with E-state index in [1.165, 1.54) is 0 Å². The highest BCUT2D eigenvalue weighted by Gasteiger charge is 2.06. The van der Waals surface area contributed by atoms with E-state index in [0.29, 0.717) is 0 Å². The lowest BCUT2D eigenvalue weighted by Crippen LogP contribution is -2.13. The van der Waals surface area contributed by atoms with Crippen molar-refractivity contribution in [1.29, 1.82) is 0 Å². The molecular weight excluding hydrogens is 224 g/mol. The molecule has 96 valence electrons. The number of aromatic nitrogens is 1. The highest BCUT2D eigenvalue weighted by atomic mass is 16.5. The molecule has 2 aromatic rings. The van der Waals surface area contributed by atoms with Gasteiger partial charge in [-0.1, -0.05) is 19.1 Å². The standard InChI is InChI=1S/C15H20N2O/c1-2-9-18-10-7-14(16)12-5-6-15-13(11-12)4-3-8-17-15/h3-6,8,11,14H,2,7,9-10,16H2,1H3. The zero-order valence-electron chi connectivity index (χ0n) is 10.8. The first-order chi connectivity index (χ1) is 8.81. The third-order valence-corrected chi connectivity index (χ3v) is 2.98. The van der Waals surface area contributed by atoms with Gasteiger partial charge < -0.3 is 10.5 Å². The van der Waals surface area contributed by atoms with Crippen LogP contribution >= 0.6 is 0 Å². The molecule has 3 heteroatoms. The fourth-order valence-electron chi connectivity index (χ4n) is 1.95. The van der Waals surface area contributed by atoms with Crippen LogP contribution in [0.3, 0.4) is 0 Å². The summed E-state index contributed by atoms with van der Waals surface area (Å²) in [6.07, 6.45) is 3.71. The second kappa shape index (κ2) is 6.47. The maximum Gasteiger partial charge on any atom is 0.0702 e. The molecule has 0 saturated heterocycles. The average molecular weight is 244 g/mol. The smallest absolute Gasteiger partial charge is 0.0702 e. The van der Waals surface area contributed by atoms with E-state index in [9.17, 15) is 0 Å². The molecule has 0 saturated carbocycles. The van der Waals surface area contributed by atoms with Crippen LogP contribution in [0.4, 0.5) is 0 Å². The van der Waals surface area contributed by atoms with E-state index in [1.807, 2.05) is 12.1 Å². The summed E-state index contributed by atoms with van der Waals surface area (Å²) < 4.78 is 5.47. The number of hydrogen-bond donors (Lipinski definition) is 1. The molecule has 1 unspecified atom stereocenters. The molecule has 1 atom stereocenters. The van der Waals surface area contributed by atoms with Gasteiger partial charge in [-0.3, -0.25) is 4.98 Å². The van der Waals surface area contributed by atoms with Crippen molar-refractivity contribution in [2.24, 2.45) is 5.73 Å². The fraction of sp³-hybridized carbons (Fsp3) is 0.400. The Labute approximate surface area is 108 Å². The van der Waals surface area contributed by atoms with Crippen molar-refractivity contribution in [3.8, 4) is 0 Å². The van der Waals surface area contributed by atoms with Crippen molar-refractivity contribution < 1.29 is 4.74 Å². The Morgan fingerprint density at radius 3 is 3.00 bits per heavy atom. The molecule has 18 heavy (non-hydrogen) atoms. The van der Waals surface area contributed by atoms with Crippen LogP contribution < -0.4 is 5.73 Å². The fourth-order valence-corrected chi connectivity index (χ4v) is 1.95. The van der Waals surface area contributed by atoms with Crippen LogP contribution in [0, 0.1) is 0 Å². The third kappa shape index (κ3) is 3.28. The molecular formula is C15H20N2O. The van der Waals surface area contributed by atoms with Gasteiger partial charge in [-0.05, 0) is 36.6 Å². The molecule has 1 heterocycles. The largest absolute Gasteiger partial charge is 0.381 e. The molecule has 0 amide bonds. The summed E-state index contributed by atoms with van der Waals surface area (Å²) in [5, 5.41) is 1.14. The lowest BCUT2D eigenvalue weighted by atomic mass is 10.0. The molecule has 0 aliphatic heterocycles. The Bertz CT molecular complexity index is 499. The molecule has 0 fully saturated rings. The maximum atomic E-state index is 6.17. The van der Waals surface area contributed by atoms with Gasteiger partial charge in [-0.25, -0.2) is 0 Å². The van der Waals surface area contributed by atoms with Crippen molar-refractivity contribution in [1.82, 2.24) is 4.98 Å². The third-order valence-electron chi connectivity index (χ3n) is 2.98. The second-order valence-corrected chi connectivity index (χ2v) is 4.46. The first-order valence-corrected chi connectivity index (χ1v) is 6.49. The summed E-state index contributed by atoms with van der Waals surface area (Å²) in [5.41, 5.74) is 8.33. The van der Waals surface area contributed by atoms with E-state index < -0.39 is 0 Å². The van der Waals surface area contributed by atoms with Gasteiger partial charge in [0.05, 0.1) is 5.52 Å². The number of benzene rings is 1. The Balaban J connectivity index is 2.01. The minimum absolute atomic E-state index is 0.0338. The number of pyridine rings is 1. The number of nitrogens with zero attached hydrogens (tertiary/aromatic N) is 1. The second-order valence-electron chi connectivity index (χ2n) is 4.46. The molecule has 0 radical (unpaired) electrons. The Morgan fingerprint density at radius 2 is 2.17 bits per heavy atom. The van der Waals surface area contributed by atoms with Crippen molar-refractivity contribution in [2.75, 3.05) is 13.2 Å². The number of rotatable bonds is 6. The van der Waals surface area contributed by atoms with Crippen molar-refractivity contribution in [2.45, 2.75) is 25.8 Å². The first kappa shape index (κ1) is 13.0. The molecule has 0 aliphatic rings. The monoisotopic (exact) mass is 244 g/mol. The average Bonchev–Trinajstić information content (AvgIpc) is 2.43. The summed E-state index contributed by atoms with van der Waals surface area (Å²) in [4.78, 5) is 4.30. The molecule has 1 aromatic heterocycles. The SMILES string of the molecule is CCCOCCC(N)c1ccc2ncccc2c1. The zero-order chi connectivity index (χ0) is 12.8. The number of nitrogens with two attached hydrogens (primary N) is 1. The highest BCUT2D eigenvalue weighted by molar-refractivity contribution is 5.79. The highest BCUT2D eigenvalue weighted by Crippen LogP contribution is 2.19.